The molecule has 0 fully saturated rings. The molecule has 0 aliphatic carbocycles. The van der Waals surface area contributed by atoms with Crippen molar-refractivity contribution in [2.24, 2.45) is 0 Å². The molecule has 1 aromatic heterocycles. The molecule has 2 aromatic rings. The number of benzene rings is 1. The number of nitrogens with zero attached hydrogens (tertiary/aromatic N) is 1. The van der Waals surface area contributed by atoms with Crippen LogP contribution < -0.4 is 14.8 Å². The highest BCUT2D eigenvalue weighted by Crippen LogP contribution is 2.38. The Hall–Kier alpha value is -1.75. The van der Waals surface area contributed by atoms with Crippen LogP contribution in [0.2, 0.25) is 0 Å². The number of hydrogen-bond acceptors (Lipinski definition) is 5. The van der Waals surface area contributed by atoms with Crippen LogP contribution in [0.4, 0.5) is 5.13 Å². The first-order valence-corrected chi connectivity index (χ1v) is 6.15. The van der Waals surface area contributed by atoms with Crippen LogP contribution in [0, 0.1) is 6.92 Å². The molecule has 3 rings (SSSR count). The summed E-state index contributed by atoms with van der Waals surface area (Å²) in [7, 11) is 1.88. The maximum absolute atomic E-state index is 5.37. The van der Waals surface area contributed by atoms with Gasteiger partial charge in [-0.25, -0.2) is 4.98 Å². The van der Waals surface area contributed by atoms with E-state index in [0.717, 1.165) is 27.9 Å². The number of ether oxygens (including phenoxy) is 2. The second-order valence-corrected chi connectivity index (χ2v) is 4.95. The number of hydrogen-bond donors (Lipinski definition) is 1. The molecule has 4 nitrogen and oxygen atoms in total. The van der Waals surface area contributed by atoms with E-state index < -0.39 is 0 Å². The summed E-state index contributed by atoms with van der Waals surface area (Å²) in [6.07, 6.45) is 0. The molecule has 5 heteroatoms. The van der Waals surface area contributed by atoms with Gasteiger partial charge in [0.15, 0.2) is 16.6 Å². The summed E-state index contributed by atoms with van der Waals surface area (Å²) in [6.45, 7) is 2.37. The van der Waals surface area contributed by atoms with Crippen molar-refractivity contribution in [3.05, 3.63) is 23.1 Å². The molecule has 2 heterocycles. The second-order valence-electron chi connectivity index (χ2n) is 3.74. The molecule has 0 saturated heterocycles. The van der Waals surface area contributed by atoms with Gasteiger partial charge in [-0.05, 0) is 25.1 Å². The fraction of sp³-hybridized carbons (Fsp3) is 0.250. The van der Waals surface area contributed by atoms with Crippen LogP contribution in [-0.2, 0) is 0 Å². The Morgan fingerprint density at radius 2 is 2.12 bits per heavy atom. The largest absolute Gasteiger partial charge is 0.454 e. The average Bonchev–Trinajstić information content (AvgIpc) is 2.93. The lowest BCUT2D eigenvalue weighted by molar-refractivity contribution is 0.174. The quantitative estimate of drug-likeness (QED) is 0.887. The standard InChI is InChI=1S/C12H12N2O2S/c1-7-11(14-12(13-2)17-7)8-3-4-9-10(5-8)16-6-15-9/h3-5H,6H2,1-2H3,(H,13,14). The van der Waals surface area contributed by atoms with Gasteiger partial charge in [-0.3, -0.25) is 0 Å². The molecule has 1 aromatic carbocycles. The van der Waals surface area contributed by atoms with Gasteiger partial charge in [-0.15, -0.1) is 11.3 Å². The molecule has 0 bridgehead atoms. The zero-order valence-corrected chi connectivity index (χ0v) is 10.4. The van der Waals surface area contributed by atoms with Gasteiger partial charge in [0.1, 0.15) is 0 Å². The summed E-state index contributed by atoms with van der Waals surface area (Å²) in [5.41, 5.74) is 2.06. The lowest BCUT2D eigenvalue weighted by Crippen LogP contribution is -1.92. The van der Waals surface area contributed by atoms with Crippen LogP contribution in [-0.4, -0.2) is 18.8 Å². The Morgan fingerprint density at radius 3 is 2.88 bits per heavy atom. The van der Waals surface area contributed by atoms with Crippen molar-refractivity contribution < 1.29 is 9.47 Å². The van der Waals surface area contributed by atoms with Crippen LogP contribution in [0.5, 0.6) is 11.5 Å². The summed E-state index contributed by atoms with van der Waals surface area (Å²) < 4.78 is 10.7. The van der Waals surface area contributed by atoms with Crippen molar-refractivity contribution >= 4 is 16.5 Å². The second kappa shape index (κ2) is 3.92. The van der Waals surface area contributed by atoms with Crippen LogP contribution in [0.25, 0.3) is 11.3 Å². The first-order valence-electron chi connectivity index (χ1n) is 5.33. The Balaban J connectivity index is 2.06. The van der Waals surface area contributed by atoms with Gasteiger partial charge in [0.05, 0.1) is 5.69 Å². The maximum atomic E-state index is 5.37. The molecule has 0 unspecified atom stereocenters. The molecule has 1 aliphatic heterocycles. The van der Waals surface area contributed by atoms with E-state index in [1.54, 1.807) is 11.3 Å². The molecule has 1 aliphatic rings. The van der Waals surface area contributed by atoms with Gasteiger partial charge in [0, 0.05) is 17.5 Å². The minimum atomic E-state index is 0.302. The minimum Gasteiger partial charge on any atom is -0.454 e. The molecule has 88 valence electrons. The van der Waals surface area contributed by atoms with E-state index in [4.69, 9.17) is 9.47 Å². The number of rotatable bonds is 2. The van der Waals surface area contributed by atoms with Crippen LogP contribution in [0.15, 0.2) is 18.2 Å². The van der Waals surface area contributed by atoms with E-state index in [1.165, 1.54) is 4.88 Å². The highest BCUT2D eigenvalue weighted by molar-refractivity contribution is 7.15. The Labute approximate surface area is 103 Å². The normalized spacial score (nSPS) is 12.8. The van der Waals surface area contributed by atoms with Crippen molar-refractivity contribution in [2.75, 3.05) is 19.2 Å². The summed E-state index contributed by atoms with van der Waals surface area (Å²) >= 11 is 1.65. The third-order valence-corrected chi connectivity index (χ3v) is 3.64. The van der Waals surface area contributed by atoms with Crippen molar-refractivity contribution in [3.8, 4) is 22.8 Å². The summed E-state index contributed by atoms with van der Waals surface area (Å²) in [6, 6.07) is 5.91. The molecule has 0 saturated carbocycles. The van der Waals surface area contributed by atoms with E-state index in [0.29, 0.717) is 6.79 Å². The third kappa shape index (κ3) is 1.72. The van der Waals surface area contributed by atoms with Crippen molar-refractivity contribution in [3.63, 3.8) is 0 Å². The van der Waals surface area contributed by atoms with E-state index in [1.807, 2.05) is 25.2 Å². The first kappa shape index (κ1) is 10.4. The van der Waals surface area contributed by atoms with Crippen molar-refractivity contribution in [1.82, 2.24) is 4.98 Å². The van der Waals surface area contributed by atoms with Crippen LogP contribution in [0.3, 0.4) is 0 Å². The number of nitrogens with one attached hydrogen (secondary N) is 1. The van der Waals surface area contributed by atoms with Crippen LogP contribution >= 0.6 is 11.3 Å². The molecule has 0 amide bonds. The molecule has 17 heavy (non-hydrogen) atoms. The van der Waals surface area contributed by atoms with E-state index in [2.05, 4.69) is 17.2 Å². The van der Waals surface area contributed by atoms with E-state index in [9.17, 15) is 0 Å². The first-order chi connectivity index (χ1) is 8.28. The molecular weight excluding hydrogens is 236 g/mol. The minimum absolute atomic E-state index is 0.302. The van der Waals surface area contributed by atoms with Gasteiger partial charge in [-0.1, -0.05) is 0 Å². The molecule has 0 radical (unpaired) electrons. The number of aromatic nitrogens is 1. The summed E-state index contributed by atoms with van der Waals surface area (Å²) in [5.74, 6) is 1.59. The Morgan fingerprint density at radius 1 is 1.29 bits per heavy atom. The maximum Gasteiger partial charge on any atom is 0.231 e. The smallest absolute Gasteiger partial charge is 0.231 e. The highest BCUT2D eigenvalue weighted by atomic mass is 32.1. The van der Waals surface area contributed by atoms with Crippen molar-refractivity contribution in [1.29, 1.82) is 0 Å². The monoisotopic (exact) mass is 248 g/mol. The summed E-state index contributed by atoms with van der Waals surface area (Å²) in [4.78, 5) is 5.72. The molecule has 1 N–H and O–H groups in total. The Kier molecular flexibility index (Phi) is 2.40. The number of fused-ring (bicyclic) bond motifs is 1. The van der Waals surface area contributed by atoms with Gasteiger partial charge in [0.25, 0.3) is 0 Å². The van der Waals surface area contributed by atoms with Crippen molar-refractivity contribution in [2.45, 2.75) is 6.92 Å². The number of aryl methyl sites for hydroxylation is 1. The van der Waals surface area contributed by atoms with Gasteiger partial charge in [0.2, 0.25) is 6.79 Å². The summed E-state index contributed by atoms with van der Waals surface area (Å²) in [5, 5.41) is 3.99. The lowest BCUT2D eigenvalue weighted by atomic mass is 10.1. The number of anilines is 1. The van der Waals surface area contributed by atoms with Crippen LogP contribution in [0.1, 0.15) is 4.88 Å². The Bertz CT molecular complexity index is 566. The fourth-order valence-corrected chi connectivity index (χ4v) is 2.60. The van der Waals surface area contributed by atoms with Gasteiger partial charge < -0.3 is 14.8 Å². The van der Waals surface area contributed by atoms with Gasteiger partial charge in [-0.2, -0.15) is 0 Å². The van der Waals surface area contributed by atoms with E-state index in [-0.39, 0.29) is 0 Å². The molecule has 0 spiro atoms. The fourth-order valence-electron chi connectivity index (χ4n) is 1.82. The lowest BCUT2D eigenvalue weighted by Gasteiger charge is -2.00. The van der Waals surface area contributed by atoms with E-state index >= 15 is 0 Å². The third-order valence-electron chi connectivity index (χ3n) is 2.66. The zero-order chi connectivity index (χ0) is 11.8. The average molecular weight is 248 g/mol. The highest BCUT2D eigenvalue weighted by Gasteiger charge is 2.16. The number of thiazole rings is 1. The zero-order valence-electron chi connectivity index (χ0n) is 9.61. The SMILES string of the molecule is CNc1nc(-c2ccc3c(c2)OCO3)c(C)s1. The topological polar surface area (TPSA) is 43.4 Å². The van der Waals surface area contributed by atoms with Gasteiger partial charge >= 0.3 is 0 Å². The predicted octanol–water partition coefficient (Wildman–Crippen LogP) is 2.89. The predicted molar refractivity (Wildman–Crippen MR) is 68.0 cm³/mol. The molecular formula is C12H12N2O2S. The molecule has 0 atom stereocenters.